The second kappa shape index (κ2) is 14.1. The van der Waals surface area contributed by atoms with E-state index in [1.165, 1.54) is 4.31 Å². The Balaban J connectivity index is 1.85. The van der Waals surface area contributed by atoms with E-state index >= 15 is 0 Å². The molecule has 0 spiro atoms. The van der Waals surface area contributed by atoms with E-state index < -0.39 is 16.1 Å². The van der Waals surface area contributed by atoms with Crippen molar-refractivity contribution in [3.05, 3.63) is 101 Å². The van der Waals surface area contributed by atoms with Gasteiger partial charge in [-0.15, -0.1) is 0 Å². The van der Waals surface area contributed by atoms with E-state index in [0.717, 1.165) is 22.9 Å². The van der Waals surface area contributed by atoms with Crippen molar-refractivity contribution in [3.63, 3.8) is 0 Å². The zero-order valence-electron chi connectivity index (χ0n) is 22.6. The number of likely N-dealkylation sites (N-methyl/N-ethyl adjacent to an activating group) is 1. The zero-order valence-corrected chi connectivity index (χ0v) is 24.2. The summed E-state index contributed by atoms with van der Waals surface area (Å²) in [7, 11) is -3.60. The summed E-state index contributed by atoms with van der Waals surface area (Å²) in [6, 6.07) is 23.4. The Bertz CT molecular complexity index is 1350. The van der Waals surface area contributed by atoms with Crippen molar-refractivity contribution in [2.75, 3.05) is 23.7 Å². The molecule has 0 aliphatic rings. The van der Waals surface area contributed by atoms with Crippen LogP contribution in [-0.2, 0) is 32.6 Å². The summed E-state index contributed by atoms with van der Waals surface area (Å²) >= 11 is 6.09. The third-order valence-corrected chi connectivity index (χ3v) is 7.77. The zero-order chi connectivity index (χ0) is 28.4. The molecule has 0 aromatic heterocycles. The van der Waals surface area contributed by atoms with E-state index in [9.17, 15) is 18.0 Å². The number of nitrogens with zero attached hydrogens (tertiary/aromatic N) is 2. The van der Waals surface area contributed by atoms with Gasteiger partial charge in [-0.2, -0.15) is 0 Å². The molecule has 0 unspecified atom stereocenters. The second-order valence-electron chi connectivity index (χ2n) is 9.53. The van der Waals surface area contributed by atoms with Gasteiger partial charge in [-0.1, -0.05) is 77.8 Å². The van der Waals surface area contributed by atoms with Crippen LogP contribution in [0.2, 0.25) is 5.02 Å². The van der Waals surface area contributed by atoms with E-state index in [4.69, 9.17) is 11.6 Å². The fourth-order valence-corrected chi connectivity index (χ4v) is 5.51. The number of sulfonamides is 1. The highest BCUT2D eigenvalue weighted by molar-refractivity contribution is 7.92. The minimum absolute atomic E-state index is 0.0726. The van der Waals surface area contributed by atoms with E-state index in [-0.39, 0.29) is 37.7 Å². The smallest absolute Gasteiger partial charge is 0.243 e. The van der Waals surface area contributed by atoms with E-state index in [0.29, 0.717) is 23.7 Å². The molecule has 0 saturated carbocycles. The maximum Gasteiger partial charge on any atom is 0.243 e. The van der Waals surface area contributed by atoms with Crippen molar-refractivity contribution < 1.29 is 18.0 Å². The van der Waals surface area contributed by atoms with Gasteiger partial charge in [0.1, 0.15) is 6.04 Å². The van der Waals surface area contributed by atoms with Crippen LogP contribution in [0.4, 0.5) is 5.69 Å². The molecule has 0 aliphatic carbocycles. The molecule has 9 heteroatoms. The highest BCUT2D eigenvalue weighted by Crippen LogP contribution is 2.23. The first-order chi connectivity index (χ1) is 18.6. The molecule has 1 atom stereocenters. The molecule has 0 heterocycles. The molecule has 3 aromatic rings. The third kappa shape index (κ3) is 9.11. The summed E-state index contributed by atoms with van der Waals surface area (Å²) in [4.78, 5) is 28.6. The van der Waals surface area contributed by atoms with Gasteiger partial charge in [-0.05, 0) is 49.6 Å². The minimum atomic E-state index is -3.60. The van der Waals surface area contributed by atoms with Crippen LogP contribution in [0.5, 0.6) is 0 Å². The maximum atomic E-state index is 13.7. The number of benzene rings is 3. The predicted octanol–water partition coefficient (Wildman–Crippen LogP) is 4.97. The summed E-state index contributed by atoms with van der Waals surface area (Å²) in [6.45, 7) is 4.65. The molecule has 7 nitrogen and oxygen atoms in total. The molecule has 3 rings (SSSR count). The van der Waals surface area contributed by atoms with Gasteiger partial charge >= 0.3 is 0 Å². The van der Waals surface area contributed by atoms with Crippen molar-refractivity contribution in [2.45, 2.75) is 45.7 Å². The Kier molecular flexibility index (Phi) is 10.9. The molecule has 1 N–H and O–H groups in total. The number of carbonyl (C=O) groups is 2. The van der Waals surface area contributed by atoms with Crippen molar-refractivity contribution in [1.29, 1.82) is 0 Å². The van der Waals surface area contributed by atoms with Crippen LogP contribution < -0.4 is 9.62 Å². The fraction of sp³-hybridized carbons (Fsp3) is 0.333. The maximum absolute atomic E-state index is 13.7. The molecule has 0 radical (unpaired) electrons. The van der Waals surface area contributed by atoms with Gasteiger partial charge in [-0.25, -0.2) is 8.42 Å². The lowest BCUT2D eigenvalue weighted by Crippen LogP contribution is -2.50. The average Bonchev–Trinajstić information content (AvgIpc) is 2.89. The van der Waals surface area contributed by atoms with Crippen molar-refractivity contribution >= 4 is 39.1 Å². The largest absolute Gasteiger partial charge is 0.355 e. The van der Waals surface area contributed by atoms with Crippen LogP contribution in [0.15, 0.2) is 78.9 Å². The Morgan fingerprint density at radius 2 is 1.64 bits per heavy atom. The van der Waals surface area contributed by atoms with Crippen molar-refractivity contribution in [1.82, 2.24) is 10.2 Å². The Morgan fingerprint density at radius 1 is 0.949 bits per heavy atom. The summed E-state index contributed by atoms with van der Waals surface area (Å²) in [6.07, 6.45) is 1.84. The predicted molar refractivity (Wildman–Crippen MR) is 157 cm³/mol. The van der Waals surface area contributed by atoms with Gasteiger partial charge in [0.2, 0.25) is 21.8 Å². The normalized spacial score (nSPS) is 12.0. The van der Waals surface area contributed by atoms with Crippen LogP contribution in [0, 0.1) is 6.92 Å². The van der Waals surface area contributed by atoms with Gasteiger partial charge in [0, 0.05) is 37.5 Å². The number of hydrogen-bond donors (Lipinski definition) is 1. The standard InChI is InChI=1S/C30H36ClN3O4S/c1-4-32-30(36)28(20-24-10-6-5-7-11-24)33(22-25-17-15-23(2)16-18-25)29(35)14-9-19-34(39(3,37)38)27-13-8-12-26(31)21-27/h5-8,10-13,15-18,21,28H,4,9,14,19-20,22H2,1-3H3,(H,32,36)/t28-/m1/s1. The van der Waals surface area contributed by atoms with Gasteiger partial charge in [0.15, 0.2) is 0 Å². The van der Waals surface area contributed by atoms with Crippen LogP contribution in [-0.4, -0.2) is 50.5 Å². The molecule has 208 valence electrons. The van der Waals surface area contributed by atoms with Crippen LogP contribution in [0.25, 0.3) is 0 Å². The SMILES string of the molecule is CCNC(=O)[C@@H](Cc1ccccc1)N(Cc1ccc(C)cc1)C(=O)CCCN(c1cccc(Cl)c1)S(C)(=O)=O. The van der Waals surface area contributed by atoms with Crippen molar-refractivity contribution in [3.8, 4) is 0 Å². The summed E-state index contributed by atoms with van der Waals surface area (Å²) in [5.41, 5.74) is 3.40. The lowest BCUT2D eigenvalue weighted by Gasteiger charge is -2.32. The third-order valence-electron chi connectivity index (χ3n) is 6.34. The fourth-order valence-electron chi connectivity index (χ4n) is 4.37. The highest BCUT2D eigenvalue weighted by Gasteiger charge is 2.30. The number of amides is 2. The second-order valence-corrected chi connectivity index (χ2v) is 11.9. The number of hydrogen-bond acceptors (Lipinski definition) is 4. The Morgan fingerprint density at radius 3 is 2.26 bits per heavy atom. The topological polar surface area (TPSA) is 86.8 Å². The van der Waals surface area contributed by atoms with Crippen LogP contribution in [0.3, 0.4) is 0 Å². The number of rotatable bonds is 13. The highest BCUT2D eigenvalue weighted by atomic mass is 35.5. The van der Waals surface area contributed by atoms with E-state index in [1.807, 2.05) is 68.4 Å². The van der Waals surface area contributed by atoms with Gasteiger partial charge < -0.3 is 10.2 Å². The summed E-state index contributed by atoms with van der Waals surface area (Å²) < 4.78 is 26.3. The van der Waals surface area contributed by atoms with Gasteiger partial charge in [0.05, 0.1) is 11.9 Å². The monoisotopic (exact) mass is 569 g/mol. The molecule has 0 aliphatic heterocycles. The van der Waals surface area contributed by atoms with Crippen LogP contribution in [0.1, 0.15) is 36.5 Å². The first-order valence-corrected chi connectivity index (χ1v) is 15.2. The average molecular weight is 570 g/mol. The van der Waals surface area contributed by atoms with Crippen molar-refractivity contribution in [2.24, 2.45) is 0 Å². The van der Waals surface area contributed by atoms with Gasteiger partial charge in [0.25, 0.3) is 0 Å². The van der Waals surface area contributed by atoms with E-state index in [1.54, 1.807) is 29.2 Å². The quantitative estimate of drug-likeness (QED) is 0.315. The molecule has 0 fully saturated rings. The lowest BCUT2D eigenvalue weighted by atomic mass is 10.0. The molecule has 39 heavy (non-hydrogen) atoms. The van der Waals surface area contributed by atoms with E-state index in [2.05, 4.69) is 5.32 Å². The molecular formula is C30H36ClN3O4S. The molecular weight excluding hydrogens is 534 g/mol. The Hall–Kier alpha value is -3.36. The van der Waals surface area contributed by atoms with Crippen LogP contribution >= 0.6 is 11.6 Å². The molecule has 2 amide bonds. The minimum Gasteiger partial charge on any atom is -0.355 e. The first kappa shape index (κ1) is 30.2. The summed E-state index contributed by atoms with van der Waals surface area (Å²) in [5.74, 6) is -0.444. The number of halogens is 1. The number of nitrogens with one attached hydrogen (secondary N) is 1. The van der Waals surface area contributed by atoms with Gasteiger partial charge in [-0.3, -0.25) is 13.9 Å². The Labute approximate surface area is 236 Å². The number of carbonyl (C=O) groups excluding carboxylic acids is 2. The lowest BCUT2D eigenvalue weighted by molar-refractivity contribution is -0.141. The molecule has 0 saturated heterocycles. The number of aryl methyl sites for hydroxylation is 1. The number of anilines is 1. The first-order valence-electron chi connectivity index (χ1n) is 13.0. The molecule has 3 aromatic carbocycles. The summed E-state index contributed by atoms with van der Waals surface area (Å²) in [5, 5.41) is 3.31. The molecule has 0 bridgehead atoms.